The number of amides is 1. The number of fused-ring (bicyclic) bond motifs is 1. The lowest BCUT2D eigenvalue weighted by Gasteiger charge is -2.20. The lowest BCUT2D eigenvalue weighted by atomic mass is 10.2. The molecule has 0 saturated carbocycles. The van der Waals surface area contributed by atoms with Gasteiger partial charge in [-0.05, 0) is 0 Å². The molecule has 0 radical (unpaired) electrons. The Morgan fingerprint density at radius 1 is 1.15 bits per heavy atom. The Morgan fingerprint density at radius 2 is 1.96 bits per heavy atom. The van der Waals surface area contributed by atoms with Crippen molar-refractivity contribution in [1.29, 1.82) is 0 Å². The maximum absolute atomic E-state index is 12.8. The van der Waals surface area contributed by atoms with Gasteiger partial charge in [-0.1, -0.05) is 30.3 Å². The van der Waals surface area contributed by atoms with Crippen LogP contribution in [-0.2, 0) is 13.0 Å². The van der Waals surface area contributed by atoms with Gasteiger partial charge in [-0.2, -0.15) is 0 Å². The van der Waals surface area contributed by atoms with Crippen LogP contribution in [0.5, 0.6) is 5.75 Å². The number of carbonyl (C=O) groups is 1. The van der Waals surface area contributed by atoms with Gasteiger partial charge in [0.2, 0.25) is 5.43 Å². The minimum absolute atomic E-state index is 0.182. The molecule has 1 aromatic carbocycles. The van der Waals surface area contributed by atoms with Crippen LogP contribution in [0.4, 0.5) is 0 Å². The highest BCUT2D eigenvalue weighted by atomic mass is 16.5. The van der Waals surface area contributed by atoms with E-state index in [9.17, 15) is 9.59 Å². The quantitative estimate of drug-likeness (QED) is 0.756. The highest BCUT2D eigenvalue weighted by Crippen LogP contribution is 2.20. The van der Waals surface area contributed by atoms with E-state index in [2.05, 4.69) is 19.7 Å². The number of carbonyl (C=O) groups excluding carboxylic acids is 1. The summed E-state index contributed by atoms with van der Waals surface area (Å²) in [6, 6.07) is 11.1. The van der Waals surface area contributed by atoms with Crippen LogP contribution in [0.15, 0.2) is 47.4 Å². The molecule has 3 aromatic rings. The van der Waals surface area contributed by atoms with Gasteiger partial charge in [0.05, 0.1) is 7.11 Å². The summed E-state index contributed by atoms with van der Waals surface area (Å²) in [4.78, 5) is 29.3. The van der Waals surface area contributed by atoms with Crippen molar-refractivity contribution >= 4 is 5.91 Å². The molecular weight excluding hydrogens is 346 g/mol. The number of hydrogen-bond acceptors (Lipinski definition) is 5. The van der Waals surface area contributed by atoms with E-state index in [0.29, 0.717) is 26.1 Å². The molecule has 1 aliphatic rings. The van der Waals surface area contributed by atoms with Gasteiger partial charge < -0.3 is 19.2 Å². The molecule has 8 heteroatoms. The molecule has 4 rings (SSSR count). The molecule has 27 heavy (non-hydrogen) atoms. The van der Waals surface area contributed by atoms with E-state index in [1.807, 2.05) is 30.3 Å². The highest BCUT2D eigenvalue weighted by Gasteiger charge is 2.23. The number of aromatic nitrogens is 4. The maximum atomic E-state index is 12.8. The lowest BCUT2D eigenvalue weighted by Crippen LogP contribution is -2.34. The van der Waals surface area contributed by atoms with Crippen molar-refractivity contribution in [2.75, 3.05) is 20.2 Å². The van der Waals surface area contributed by atoms with Gasteiger partial charge in [-0.15, -0.1) is 10.2 Å². The Kier molecular flexibility index (Phi) is 4.45. The van der Waals surface area contributed by atoms with Gasteiger partial charge in [0.15, 0.2) is 11.6 Å². The molecule has 0 saturated heterocycles. The van der Waals surface area contributed by atoms with Gasteiger partial charge in [-0.25, -0.2) is 0 Å². The second kappa shape index (κ2) is 7.06. The first kappa shape index (κ1) is 17.0. The number of benzene rings is 1. The van der Waals surface area contributed by atoms with Crippen molar-refractivity contribution < 1.29 is 9.53 Å². The number of ether oxygens (including phenoxy) is 1. The summed E-state index contributed by atoms with van der Waals surface area (Å²) >= 11 is 0. The standard InChI is InChI=1S/C19H19N5O3/c1-27-16-12-20-14(11-15(16)25)19(26)23-8-7-17-21-22-18(24(17)10-9-23)13-5-3-2-4-6-13/h2-6,11-12H,7-10H2,1H3,(H,20,25). The number of pyridine rings is 1. The number of hydrogen-bond donors (Lipinski definition) is 1. The first-order valence-electron chi connectivity index (χ1n) is 8.71. The number of aromatic amines is 1. The SMILES string of the molecule is COc1c[nH]c(C(=O)N2CCc3nnc(-c4ccccc4)n3CC2)cc1=O. The summed E-state index contributed by atoms with van der Waals surface area (Å²) in [5, 5.41) is 8.61. The molecule has 2 aromatic heterocycles. The fourth-order valence-electron chi connectivity index (χ4n) is 3.24. The van der Waals surface area contributed by atoms with E-state index in [-0.39, 0.29) is 22.8 Å². The van der Waals surface area contributed by atoms with Crippen LogP contribution in [0.1, 0.15) is 16.3 Å². The van der Waals surface area contributed by atoms with Crippen LogP contribution >= 0.6 is 0 Å². The molecule has 0 bridgehead atoms. The second-order valence-corrected chi connectivity index (χ2v) is 6.28. The number of nitrogens with one attached hydrogen (secondary N) is 1. The van der Waals surface area contributed by atoms with E-state index < -0.39 is 0 Å². The van der Waals surface area contributed by atoms with Crippen LogP contribution in [0.3, 0.4) is 0 Å². The summed E-state index contributed by atoms with van der Waals surface area (Å²) in [7, 11) is 1.42. The minimum atomic E-state index is -0.321. The molecule has 1 N–H and O–H groups in total. The Hall–Kier alpha value is -3.42. The van der Waals surface area contributed by atoms with Crippen molar-refractivity contribution in [3.05, 3.63) is 64.3 Å². The first-order valence-corrected chi connectivity index (χ1v) is 8.71. The Labute approximate surface area is 155 Å². The average molecular weight is 365 g/mol. The molecule has 3 heterocycles. The molecule has 0 aliphatic carbocycles. The van der Waals surface area contributed by atoms with Gasteiger partial charge in [0.1, 0.15) is 11.5 Å². The van der Waals surface area contributed by atoms with Crippen LogP contribution in [0, 0.1) is 0 Å². The molecule has 1 aliphatic heterocycles. The maximum Gasteiger partial charge on any atom is 0.270 e. The summed E-state index contributed by atoms with van der Waals surface area (Å²) in [5.74, 6) is 1.63. The molecule has 0 unspecified atom stereocenters. The third-order valence-electron chi connectivity index (χ3n) is 4.67. The van der Waals surface area contributed by atoms with Gasteiger partial charge in [0.25, 0.3) is 5.91 Å². The number of rotatable bonds is 3. The zero-order valence-corrected chi connectivity index (χ0v) is 14.9. The van der Waals surface area contributed by atoms with Crippen molar-refractivity contribution in [2.24, 2.45) is 0 Å². The van der Waals surface area contributed by atoms with Crippen molar-refractivity contribution in [1.82, 2.24) is 24.6 Å². The van der Waals surface area contributed by atoms with Gasteiger partial charge in [-0.3, -0.25) is 9.59 Å². The highest BCUT2D eigenvalue weighted by molar-refractivity contribution is 5.92. The first-order chi connectivity index (χ1) is 13.2. The lowest BCUT2D eigenvalue weighted by molar-refractivity contribution is 0.0753. The third-order valence-corrected chi connectivity index (χ3v) is 4.67. The summed E-state index contributed by atoms with van der Waals surface area (Å²) in [6.45, 7) is 1.62. The van der Waals surface area contributed by atoms with Crippen LogP contribution in [0.25, 0.3) is 11.4 Å². The van der Waals surface area contributed by atoms with E-state index in [1.165, 1.54) is 19.4 Å². The predicted octanol–water partition coefficient (Wildman–Crippen LogP) is 1.34. The van der Waals surface area contributed by atoms with E-state index >= 15 is 0 Å². The summed E-state index contributed by atoms with van der Waals surface area (Å²) in [5.41, 5.74) is 0.926. The third kappa shape index (κ3) is 3.21. The topological polar surface area (TPSA) is 93.1 Å². The smallest absolute Gasteiger partial charge is 0.270 e. The van der Waals surface area contributed by atoms with Crippen LogP contribution in [0.2, 0.25) is 0 Å². The Bertz CT molecular complexity index is 1030. The van der Waals surface area contributed by atoms with Crippen molar-refractivity contribution in [2.45, 2.75) is 13.0 Å². The monoisotopic (exact) mass is 365 g/mol. The van der Waals surface area contributed by atoms with Gasteiger partial charge in [0, 0.05) is 43.9 Å². The number of nitrogens with zero attached hydrogens (tertiary/aromatic N) is 4. The van der Waals surface area contributed by atoms with Crippen LogP contribution < -0.4 is 10.2 Å². The normalized spacial score (nSPS) is 13.7. The summed E-state index contributed by atoms with van der Waals surface area (Å²) in [6.07, 6.45) is 2.02. The molecule has 8 nitrogen and oxygen atoms in total. The molecular formula is C19H19N5O3. The van der Waals surface area contributed by atoms with Gasteiger partial charge >= 0.3 is 0 Å². The fraction of sp³-hybridized carbons (Fsp3) is 0.263. The number of H-pyrrole nitrogens is 1. The van der Waals surface area contributed by atoms with Crippen molar-refractivity contribution in [3.63, 3.8) is 0 Å². The molecule has 0 spiro atoms. The van der Waals surface area contributed by atoms with E-state index in [0.717, 1.165) is 17.2 Å². The van der Waals surface area contributed by atoms with E-state index in [1.54, 1.807) is 4.90 Å². The molecule has 1 amide bonds. The predicted molar refractivity (Wildman–Crippen MR) is 98.7 cm³/mol. The Morgan fingerprint density at radius 3 is 2.70 bits per heavy atom. The zero-order chi connectivity index (χ0) is 18.8. The summed E-state index contributed by atoms with van der Waals surface area (Å²) < 4.78 is 7.00. The van der Waals surface area contributed by atoms with Crippen molar-refractivity contribution in [3.8, 4) is 17.1 Å². The molecule has 138 valence electrons. The van der Waals surface area contributed by atoms with E-state index in [4.69, 9.17) is 4.74 Å². The Balaban J connectivity index is 1.55. The number of methoxy groups -OCH3 is 1. The zero-order valence-electron chi connectivity index (χ0n) is 14.9. The second-order valence-electron chi connectivity index (χ2n) is 6.28. The molecule has 0 atom stereocenters. The van der Waals surface area contributed by atoms with Crippen LogP contribution in [-0.4, -0.2) is 50.8 Å². The fourth-order valence-corrected chi connectivity index (χ4v) is 3.24. The molecule has 0 fully saturated rings. The average Bonchev–Trinajstić information content (AvgIpc) is 2.99. The minimum Gasteiger partial charge on any atom is -0.491 e. The largest absolute Gasteiger partial charge is 0.491 e.